The molecule has 0 unspecified atom stereocenters. The first-order valence-electron chi connectivity index (χ1n) is 8.19. The molecule has 1 aromatic rings. The summed E-state index contributed by atoms with van der Waals surface area (Å²) >= 11 is 0. The van der Waals surface area contributed by atoms with Gasteiger partial charge in [0.05, 0.1) is 0 Å². The molecule has 5 rings (SSSR count). The topological polar surface area (TPSA) is 80.0 Å². The Labute approximate surface area is 134 Å². The average molecular weight is 315 g/mol. The van der Waals surface area contributed by atoms with E-state index in [1.165, 1.54) is 11.1 Å². The lowest BCUT2D eigenvalue weighted by atomic mass is 9.53. The third-order valence-corrected chi connectivity index (χ3v) is 6.30. The second-order valence-corrected chi connectivity index (χ2v) is 7.13. The van der Waals surface area contributed by atoms with Crippen molar-refractivity contribution in [2.24, 2.45) is 11.8 Å². The lowest BCUT2D eigenvalue weighted by molar-refractivity contribution is -0.0455. The van der Waals surface area contributed by atoms with Gasteiger partial charge < -0.3 is 19.6 Å². The molecule has 6 nitrogen and oxygen atoms in total. The Balaban J connectivity index is 1.78. The predicted molar refractivity (Wildman–Crippen MR) is 83.9 cm³/mol. The van der Waals surface area contributed by atoms with E-state index < -0.39 is 6.10 Å². The van der Waals surface area contributed by atoms with Crippen LogP contribution in [0.1, 0.15) is 17.5 Å². The van der Waals surface area contributed by atoms with Crippen LogP contribution in [0.5, 0.6) is 11.5 Å². The standard InChI is InChI=1S/C17H21N3O3/c1-20-7-6-17-10-3-4-12(21)16(17)22-15-13(23-19-18)5-2-9(14(15)17)8-11(10)20/h2-5,10-12,16,19,21H,6-8,18H2,1H3/t10-,11+,12-,16-,17-/m0/s1. The summed E-state index contributed by atoms with van der Waals surface area (Å²) in [6.45, 7) is 1.01. The van der Waals surface area contributed by atoms with Gasteiger partial charge in [0.2, 0.25) is 0 Å². The molecule has 6 heteroatoms. The summed E-state index contributed by atoms with van der Waals surface area (Å²) in [7, 11) is 2.20. The Hall–Kier alpha value is -1.60. The zero-order valence-electron chi connectivity index (χ0n) is 13.0. The Morgan fingerprint density at radius 3 is 3.13 bits per heavy atom. The minimum absolute atomic E-state index is 0.151. The number of likely N-dealkylation sites (tertiary alicyclic amines) is 1. The van der Waals surface area contributed by atoms with Crippen molar-refractivity contribution in [1.29, 1.82) is 0 Å². The van der Waals surface area contributed by atoms with Crippen molar-refractivity contribution in [3.63, 3.8) is 0 Å². The van der Waals surface area contributed by atoms with Crippen molar-refractivity contribution in [3.8, 4) is 11.5 Å². The van der Waals surface area contributed by atoms with E-state index in [0.29, 0.717) is 17.7 Å². The van der Waals surface area contributed by atoms with Crippen LogP contribution in [0.4, 0.5) is 0 Å². The zero-order chi connectivity index (χ0) is 15.8. The molecule has 5 atom stereocenters. The highest BCUT2D eigenvalue weighted by Crippen LogP contribution is 2.62. The van der Waals surface area contributed by atoms with E-state index in [-0.39, 0.29) is 11.5 Å². The number of rotatable bonds is 2. The van der Waals surface area contributed by atoms with Crippen LogP contribution in [0, 0.1) is 5.92 Å². The number of likely N-dealkylation sites (N-methyl/N-ethyl adjacent to an activating group) is 1. The van der Waals surface area contributed by atoms with E-state index in [9.17, 15) is 5.11 Å². The molecule has 4 aliphatic rings. The highest BCUT2D eigenvalue weighted by molar-refractivity contribution is 5.62. The molecular weight excluding hydrogens is 294 g/mol. The molecule has 0 radical (unpaired) electrons. The molecule has 0 aromatic heterocycles. The highest BCUT2D eigenvalue weighted by Gasteiger charge is 2.64. The largest absolute Gasteiger partial charge is 0.482 e. The first-order chi connectivity index (χ1) is 11.2. The van der Waals surface area contributed by atoms with Crippen LogP contribution in [0.25, 0.3) is 0 Å². The van der Waals surface area contributed by atoms with Crippen LogP contribution in [-0.2, 0) is 11.8 Å². The fourth-order valence-corrected chi connectivity index (χ4v) is 5.37. The fraction of sp³-hybridized carbons (Fsp3) is 0.529. The average Bonchev–Trinajstić information content (AvgIpc) is 2.90. The lowest BCUT2D eigenvalue weighted by Crippen LogP contribution is -2.64. The number of nitrogens with zero attached hydrogens (tertiary/aromatic N) is 1. The molecule has 2 bridgehead atoms. The number of ether oxygens (including phenoxy) is 1. The number of aliphatic hydroxyl groups is 1. The van der Waals surface area contributed by atoms with E-state index in [2.05, 4.69) is 29.7 Å². The number of aliphatic hydroxyl groups excluding tert-OH is 1. The summed E-state index contributed by atoms with van der Waals surface area (Å²) in [6, 6.07) is 4.47. The maximum Gasteiger partial charge on any atom is 0.191 e. The molecule has 1 fully saturated rings. The molecule has 2 aliphatic heterocycles. The van der Waals surface area contributed by atoms with Gasteiger partial charge in [-0.05, 0) is 38.1 Å². The van der Waals surface area contributed by atoms with Crippen LogP contribution in [0.15, 0.2) is 24.3 Å². The number of hydrogen-bond donors (Lipinski definition) is 3. The number of hydrogen-bond acceptors (Lipinski definition) is 6. The normalized spacial score (nSPS) is 39.8. The maximum absolute atomic E-state index is 10.6. The molecule has 122 valence electrons. The van der Waals surface area contributed by atoms with Gasteiger partial charge in [-0.3, -0.25) is 0 Å². The molecular formula is C17H21N3O3. The second kappa shape index (κ2) is 4.48. The quantitative estimate of drug-likeness (QED) is 0.412. The third-order valence-electron chi connectivity index (χ3n) is 6.30. The van der Waals surface area contributed by atoms with Crippen LogP contribution < -0.4 is 21.0 Å². The van der Waals surface area contributed by atoms with E-state index >= 15 is 0 Å². The number of hydrazine groups is 1. The summed E-state index contributed by atoms with van der Waals surface area (Å²) in [5, 5.41) is 10.6. The number of benzene rings is 1. The summed E-state index contributed by atoms with van der Waals surface area (Å²) < 4.78 is 6.27. The van der Waals surface area contributed by atoms with Gasteiger partial charge in [0.25, 0.3) is 0 Å². The Bertz CT molecular complexity index is 707. The molecule has 2 aliphatic carbocycles. The zero-order valence-corrected chi connectivity index (χ0v) is 13.0. The van der Waals surface area contributed by atoms with Gasteiger partial charge in [0, 0.05) is 22.9 Å². The number of piperidine rings is 1. The van der Waals surface area contributed by atoms with Crippen molar-refractivity contribution < 1.29 is 14.7 Å². The van der Waals surface area contributed by atoms with Crippen molar-refractivity contribution in [1.82, 2.24) is 10.5 Å². The van der Waals surface area contributed by atoms with E-state index in [1.54, 1.807) is 0 Å². The van der Waals surface area contributed by atoms with Gasteiger partial charge in [-0.25, -0.2) is 5.84 Å². The highest BCUT2D eigenvalue weighted by atomic mass is 16.7. The molecule has 23 heavy (non-hydrogen) atoms. The molecule has 1 saturated heterocycles. The van der Waals surface area contributed by atoms with Gasteiger partial charge in [-0.15, -0.1) is 0 Å². The third kappa shape index (κ3) is 1.52. The van der Waals surface area contributed by atoms with Gasteiger partial charge in [-0.2, -0.15) is 0 Å². The van der Waals surface area contributed by atoms with Gasteiger partial charge in [-0.1, -0.05) is 23.8 Å². The minimum Gasteiger partial charge on any atom is -0.482 e. The van der Waals surface area contributed by atoms with Crippen molar-refractivity contribution in [2.75, 3.05) is 13.6 Å². The van der Waals surface area contributed by atoms with E-state index in [0.717, 1.165) is 25.1 Å². The van der Waals surface area contributed by atoms with Gasteiger partial charge in [0.1, 0.15) is 12.2 Å². The summed E-state index contributed by atoms with van der Waals surface area (Å²) in [5.74, 6) is 7.04. The smallest absolute Gasteiger partial charge is 0.191 e. The second-order valence-electron chi connectivity index (χ2n) is 7.13. The molecule has 1 aromatic carbocycles. The Kier molecular flexibility index (Phi) is 2.69. The number of nitrogens with two attached hydrogens (primary N) is 1. The van der Waals surface area contributed by atoms with E-state index in [4.69, 9.17) is 15.4 Å². The van der Waals surface area contributed by atoms with Gasteiger partial charge >= 0.3 is 0 Å². The Morgan fingerprint density at radius 1 is 1.43 bits per heavy atom. The monoisotopic (exact) mass is 315 g/mol. The molecule has 4 N–H and O–H groups in total. The van der Waals surface area contributed by atoms with E-state index in [1.807, 2.05) is 12.1 Å². The maximum atomic E-state index is 10.6. The van der Waals surface area contributed by atoms with Crippen LogP contribution in [0.3, 0.4) is 0 Å². The fourth-order valence-electron chi connectivity index (χ4n) is 5.37. The SMILES string of the molecule is CN1CC[C@]23c4c5ccc(ONN)c4O[C@H]2[C@@H](O)C=C[C@H]3[C@H]1C5. The van der Waals surface area contributed by atoms with Crippen molar-refractivity contribution in [2.45, 2.75) is 36.5 Å². The van der Waals surface area contributed by atoms with Crippen molar-refractivity contribution >= 4 is 0 Å². The first-order valence-corrected chi connectivity index (χ1v) is 8.19. The summed E-state index contributed by atoms with van der Waals surface area (Å²) in [6.07, 6.45) is 5.25. The molecule has 0 amide bonds. The van der Waals surface area contributed by atoms with Crippen LogP contribution in [0.2, 0.25) is 0 Å². The van der Waals surface area contributed by atoms with Crippen molar-refractivity contribution in [3.05, 3.63) is 35.4 Å². The number of nitrogens with one attached hydrogen (secondary N) is 1. The first kappa shape index (κ1) is 13.8. The molecule has 0 saturated carbocycles. The molecule has 1 spiro atoms. The van der Waals surface area contributed by atoms with Crippen LogP contribution in [-0.4, -0.2) is 41.8 Å². The molecule has 2 heterocycles. The summed E-state index contributed by atoms with van der Waals surface area (Å²) in [4.78, 5) is 7.80. The van der Waals surface area contributed by atoms with Gasteiger partial charge in [0.15, 0.2) is 11.5 Å². The Morgan fingerprint density at radius 2 is 2.30 bits per heavy atom. The predicted octanol–water partition coefficient (Wildman–Crippen LogP) is 0.250. The summed E-state index contributed by atoms with van der Waals surface area (Å²) in [5.41, 5.74) is 4.64. The minimum atomic E-state index is -0.590. The van der Waals surface area contributed by atoms with Crippen LogP contribution >= 0.6 is 0 Å². The lowest BCUT2D eigenvalue weighted by Gasteiger charge is -2.56.